The zero-order valence-electron chi connectivity index (χ0n) is 8.60. The van der Waals surface area contributed by atoms with E-state index in [9.17, 15) is 0 Å². The number of thiophene rings is 1. The van der Waals surface area contributed by atoms with Gasteiger partial charge in [0.1, 0.15) is 0 Å². The van der Waals surface area contributed by atoms with Gasteiger partial charge in [0, 0.05) is 6.04 Å². The van der Waals surface area contributed by atoms with Crippen molar-refractivity contribution in [2.75, 3.05) is 7.05 Å². The van der Waals surface area contributed by atoms with Gasteiger partial charge in [-0.1, -0.05) is 13.8 Å². The average Bonchev–Trinajstić information content (AvgIpc) is 2.41. The van der Waals surface area contributed by atoms with Crippen LogP contribution in [-0.4, -0.2) is 7.05 Å². The second-order valence-electron chi connectivity index (χ2n) is 3.75. The maximum Gasteiger partial charge on any atom is 0.0758 e. The molecule has 0 spiro atoms. The highest BCUT2D eigenvalue weighted by Crippen LogP contribution is 2.37. The number of rotatable bonds is 4. The molecule has 1 aromatic rings. The van der Waals surface area contributed by atoms with E-state index >= 15 is 0 Å². The third kappa shape index (κ3) is 3.33. The van der Waals surface area contributed by atoms with E-state index in [0.717, 1.165) is 6.42 Å². The standard InChI is InChI=1S/C10H15Br2NS/c1-6(2)4-8(13-3)7-5-9(11)14-10(7)12/h5-6,8,13H,4H2,1-3H3. The third-order valence-electron chi connectivity index (χ3n) is 2.11. The van der Waals surface area contributed by atoms with Gasteiger partial charge in [-0.05, 0) is 62.9 Å². The Kier molecular flexibility index (Phi) is 5.11. The molecule has 0 radical (unpaired) electrons. The van der Waals surface area contributed by atoms with E-state index in [1.165, 1.54) is 13.1 Å². The average molecular weight is 341 g/mol. The predicted octanol–water partition coefficient (Wildman–Crippen LogP) is 4.58. The van der Waals surface area contributed by atoms with Gasteiger partial charge in [-0.25, -0.2) is 0 Å². The lowest BCUT2D eigenvalue weighted by Gasteiger charge is -2.17. The summed E-state index contributed by atoms with van der Waals surface area (Å²) in [7, 11) is 2.02. The molecule has 1 heterocycles. The molecule has 0 aliphatic rings. The normalized spacial score (nSPS) is 13.6. The number of nitrogens with one attached hydrogen (secondary N) is 1. The van der Waals surface area contributed by atoms with E-state index in [-0.39, 0.29) is 0 Å². The summed E-state index contributed by atoms with van der Waals surface area (Å²) in [5.41, 5.74) is 1.36. The van der Waals surface area contributed by atoms with Gasteiger partial charge in [0.05, 0.1) is 7.57 Å². The molecule has 0 amide bonds. The first kappa shape index (κ1) is 12.7. The molecule has 80 valence electrons. The minimum absolute atomic E-state index is 0.451. The van der Waals surface area contributed by atoms with Crippen molar-refractivity contribution in [1.82, 2.24) is 5.32 Å². The summed E-state index contributed by atoms with van der Waals surface area (Å²) in [5.74, 6) is 0.707. The van der Waals surface area contributed by atoms with Gasteiger partial charge in [-0.3, -0.25) is 0 Å². The summed E-state index contributed by atoms with van der Waals surface area (Å²) in [5, 5.41) is 3.36. The largest absolute Gasteiger partial charge is 0.313 e. The van der Waals surface area contributed by atoms with Crippen LogP contribution in [0.3, 0.4) is 0 Å². The molecule has 1 nitrogen and oxygen atoms in total. The van der Waals surface area contributed by atoms with Gasteiger partial charge in [0.15, 0.2) is 0 Å². The van der Waals surface area contributed by atoms with E-state index in [1.807, 2.05) is 7.05 Å². The molecule has 1 aromatic heterocycles. The van der Waals surface area contributed by atoms with E-state index in [2.05, 4.69) is 57.1 Å². The van der Waals surface area contributed by atoms with Crippen molar-refractivity contribution in [1.29, 1.82) is 0 Å². The van der Waals surface area contributed by atoms with Gasteiger partial charge < -0.3 is 5.32 Å². The summed E-state index contributed by atoms with van der Waals surface area (Å²) >= 11 is 8.84. The molecule has 1 atom stereocenters. The second kappa shape index (κ2) is 5.64. The molecule has 14 heavy (non-hydrogen) atoms. The van der Waals surface area contributed by atoms with Crippen LogP contribution in [0.2, 0.25) is 0 Å². The number of halogens is 2. The molecular weight excluding hydrogens is 326 g/mol. The molecule has 0 saturated carbocycles. The molecule has 0 saturated heterocycles. The topological polar surface area (TPSA) is 12.0 Å². The zero-order valence-corrected chi connectivity index (χ0v) is 12.6. The van der Waals surface area contributed by atoms with E-state index in [0.29, 0.717) is 12.0 Å². The Labute approximate surface area is 107 Å². The first-order chi connectivity index (χ1) is 6.54. The summed E-state index contributed by atoms with van der Waals surface area (Å²) < 4.78 is 2.41. The molecule has 0 fully saturated rings. The highest BCUT2D eigenvalue weighted by Gasteiger charge is 2.16. The fraction of sp³-hybridized carbons (Fsp3) is 0.600. The molecular formula is C10H15Br2NS. The van der Waals surface area contributed by atoms with Crippen LogP contribution < -0.4 is 5.32 Å². The Morgan fingerprint density at radius 1 is 1.43 bits per heavy atom. The van der Waals surface area contributed by atoms with Crippen LogP contribution in [0, 0.1) is 5.92 Å². The van der Waals surface area contributed by atoms with Crippen LogP contribution in [0.25, 0.3) is 0 Å². The maximum absolute atomic E-state index is 3.60. The van der Waals surface area contributed by atoms with Crippen molar-refractivity contribution in [2.45, 2.75) is 26.3 Å². The Balaban J connectivity index is 2.83. The number of hydrogen-bond acceptors (Lipinski definition) is 2. The van der Waals surface area contributed by atoms with Crippen LogP contribution in [0.5, 0.6) is 0 Å². The highest BCUT2D eigenvalue weighted by molar-refractivity contribution is 9.12. The van der Waals surface area contributed by atoms with Crippen molar-refractivity contribution < 1.29 is 0 Å². The van der Waals surface area contributed by atoms with Gasteiger partial charge in [-0.2, -0.15) is 0 Å². The monoisotopic (exact) mass is 339 g/mol. The molecule has 0 aliphatic heterocycles. The SMILES string of the molecule is CNC(CC(C)C)c1cc(Br)sc1Br. The first-order valence-corrected chi connectivity index (χ1v) is 7.06. The van der Waals surface area contributed by atoms with Crippen molar-refractivity contribution in [3.8, 4) is 0 Å². The lowest BCUT2D eigenvalue weighted by atomic mass is 9.99. The fourth-order valence-corrected chi connectivity index (χ4v) is 4.44. The van der Waals surface area contributed by atoms with Crippen LogP contribution in [0.1, 0.15) is 31.9 Å². The van der Waals surface area contributed by atoms with Crippen molar-refractivity contribution >= 4 is 43.2 Å². The quantitative estimate of drug-likeness (QED) is 0.845. The third-order valence-corrected chi connectivity index (χ3v) is 4.50. The lowest BCUT2D eigenvalue weighted by molar-refractivity contribution is 0.456. The molecule has 4 heteroatoms. The Bertz CT molecular complexity index is 296. The van der Waals surface area contributed by atoms with E-state index in [1.54, 1.807) is 11.3 Å². The summed E-state index contributed by atoms with van der Waals surface area (Å²) in [4.78, 5) is 0. The van der Waals surface area contributed by atoms with Gasteiger partial charge >= 0.3 is 0 Å². The minimum atomic E-state index is 0.451. The van der Waals surface area contributed by atoms with Crippen LogP contribution in [-0.2, 0) is 0 Å². The van der Waals surface area contributed by atoms with Crippen LogP contribution in [0.4, 0.5) is 0 Å². The van der Waals surface area contributed by atoms with Gasteiger partial charge in [-0.15, -0.1) is 11.3 Å². The van der Waals surface area contributed by atoms with Crippen LogP contribution in [0.15, 0.2) is 13.6 Å². The lowest BCUT2D eigenvalue weighted by Crippen LogP contribution is -2.17. The van der Waals surface area contributed by atoms with Crippen molar-refractivity contribution in [3.63, 3.8) is 0 Å². The summed E-state index contributed by atoms with van der Waals surface area (Å²) in [6.07, 6.45) is 1.16. The van der Waals surface area contributed by atoms with E-state index < -0.39 is 0 Å². The highest BCUT2D eigenvalue weighted by atomic mass is 79.9. The van der Waals surface area contributed by atoms with Crippen molar-refractivity contribution in [2.24, 2.45) is 5.92 Å². The molecule has 0 aromatic carbocycles. The zero-order chi connectivity index (χ0) is 10.7. The molecule has 1 N–H and O–H groups in total. The molecule has 1 rings (SSSR count). The smallest absolute Gasteiger partial charge is 0.0758 e. The van der Waals surface area contributed by atoms with Gasteiger partial charge in [0.25, 0.3) is 0 Å². The second-order valence-corrected chi connectivity index (χ2v) is 7.50. The summed E-state index contributed by atoms with van der Waals surface area (Å²) in [6.45, 7) is 4.50. The Hall–Kier alpha value is 0.620. The van der Waals surface area contributed by atoms with Gasteiger partial charge in [0.2, 0.25) is 0 Å². The summed E-state index contributed by atoms with van der Waals surface area (Å²) in [6, 6.07) is 2.64. The molecule has 0 aliphatic carbocycles. The molecule has 1 unspecified atom stereocenters. The minimum Gasteiger partial charge on any atom is -0.313 e. The van der Waals surface area contributed by atoms with Crippen molar-refractivity contribution in [3.05, 3.63) is 19.2 Å². The first-order valence-electron chi connectivity index (χ1n) is 4.66. The maximum atomic E-state index is 3.60. The predicted molar refractivity (Wildman–Crippen MR) is 71.0 cm³/mol. The van der Waals surface area contributed by atoms with Crippen LogP contribution >= 0.6 is 43.2 Å². The Morgan fingerprint density at radius 3 is 2.43 bits per heavy atom. The fourth-order valence-electron chi connectivity index (χ4n) is 1.46. The molecule has 0 bridgehead atoms. The number of hydrogen-bond donors (Lipinski definition) is 1. The van der Waals surface area contributed by atoms with E-state index in [4.69, 9.17) is 0 Å². The Morgan fingerprint density at radius 2 is 2.07 bits per heavy atom.